The first-order valence-corrected chi connectivity index (χ1v) is 3.78. The maximum absolute atomic E-state index is 4.00. The monoisotopic (exact) mass is 152 g/mol. The van der Waals surface area contributed by atoms with Crippen LogP contribution in [0.25, 0.3) is 0 Å². The number of hydrogen-bond acceptors (Lipinski definition) is 2. The second kappa shape index (κ2) is 5.71. The molecule has 11 heavy (non-hydrogen) atoms. The molecule has 0 unspecified atom stereocenters. The number of rotatable bonds is 4. The van der Waals surface area contributed by atoms with Crippen LogP contribution in [0.3, 0.4) is 0 Å². The summed E-state index contributed by atoms with van der Waals surface area (Å²) >= 11 is 0. The van der Waals surface area contributed by atoms with Gasteiger partial charge in [-0.3, -0.25) is 0 Å². The number of nitrogens with zero attached hydrogens (tertiary/aromatic N) is 1. The Labute approximate surface area is 68.7 Å². The molecule has 0 saturated carbocycles. The Kier molecular flexibility index (Phi) is 5.17. The van der Waals surface area contributed by atoms with Gasteiger partial charge in [-0.25, -0.2) is 0 Å². The van der Waals surface area contributed by atoms with Gasteiger partial charge in [-0.15, -0.1) is 0 Å². The van der Waals surface area contributed by atoms with Gasteiger partial charge in [0.05, 0.1) is 5.71 Å². The van der Waals surface area contributed by atoms with Crippen LogP contribution < -0.4 is 5.43 Å². The average Bonchev–Trinajstić information content (AvgIpc) is 2.01. The van der Waals surface area contributed by atoms with Crippen LogP contribution in [0, 0.1) is 0 Å². The average molecular weight is 152 g/mol. The second-order valence-corrected chi connectivity index (χ2v) is 2.25. The molecule has 0 aliphatic carbocycles. The Hall–Kier alpha value is -1.05. The van der Waals surface area contributed by atoms with Gasteiger partial charge in [0.2, 0.25) is 0 Å². The van der Waals surface area contributed by atoms with Crippen LogP contribution in [0.5, 0.6) is 0 Å². The molecule has 2 heteroatoms. The molecule has 62 valence electrons. The molecule has 0 aromatic carbocycles. The fourth-order valence-corrected chi connectivity index (χ4v) is 0.782. The molecule has 0 bridgehead atoms. The van der Waals surface area contributed by atoms with Crippen molar-refractivity contribution >= 4 is 5.71 Å². The predicted octanol–water partition coefficient (Wildman–Crippen LogP) is 2.10. The lowest BCUT2D eigenvalue weighted by Gasteiger charge is -1.96. The van der Waals surface area contributed by atoms with Gasteiger partial charge in [0, 0.05) is 7.05 Å². The fourth-order valence-electron chi connectivity index (χ4n) is 0.782. The Morgan fingerprint density at radius 3 is 2.64 bits per heavy atom. The highest BCUT2D eigenvalue weighted by molar-refractivity contribution is 5.93. The number of hydrogen-bond donors (Lipinski definition) is 1. The van der Waals surface area contributed by atoms with Crippen LogP contribution in [-0.2, 0) is 0 Å². The SMILES string of the molecule is C=C/C(=C\C(C)=N/NC)CC. The van der Waals surface area contributed by atoms with Crippen molar-refractivity contribution in [3.8, 4) is 0 Å². The first-order valence-electron chi connectivity index (χ1n) is 3.78. The van der Waals surface area contributed by atoms with E-state index in [0.29, 0.717) is 0 Å². The molecule has 0 aromatic rings. The normalized spacial score (nSPS) is 13.0. The van der Waals surface area contributed by atoms with Crippen molar-refractivity contribution in [1.29, 1.82) is 0 Å². The molecule has 0 heterocycles. The number of hydrazone groups is 1. The Balaban J connectivity index is 4.25. The Morgan fingerprint density at radius 1 is 1.64 bits per heavy atom. The summed E-state index contributed by atoms with van der Waals surface area (Å²) in [7, 11) is 1.79. The molecule has 0 atom stereocenters. The van der Waals surface area contributed by atoms with Gasteiger partial charge in [-0.05, 0) is 25.0 Å². The summed E-state index contributed by atoms with van der Waals surface area (Å²) < 4.78 is 0. The van der Waals surface area contributed by atoms with Crippen molar-refractivity contribution in [3.05, 3.63) is 24.3 Å². The molecule has 0 rings (SSSR count). The number of nitrogens with one attached hydrogen (secondary N) is 1. The van der Waals surface area contributed by atoms with Crippen LogP contribution in [0.2, 0.25) is 0 Å². The fraction of sp³-hybridized carbons (Fsp3) is 0.444. The van der Waals surface area contributed by atoms with Gasteiger partial charge < -0.3 is 5.43 Å². The molecule has 0 saturated heterocycles. The molecule has 0 radical (unpaired) electrons. The van der Waals surface area contributed by atoms with Crippen LogP contribution >= 0.6 is 0 Å². The van der Waals surface area contributed by atoms with E-state index in [-0.39, 0.29) is 0 Å². The third-order valence-electron chi connectivity index (χ3n) is 1.35. The van der Waals surface area contributed by atoms with Gasteiger partial charge in [-0.2, -0.15) is 5.10 Å². The van der Waals surface area contributed by atoms with Crippen molar-refractivity contribution in [2.75, 3.05) is 7.05 Å². The van der Waals surface area contributed by atoms with Crippen LogP contribution in [0.15, 0.2) is 29.4 Å². The van der Waals surface area contributed by atoms with Crippen LogP contribution in [0.4, 0.5) is 0 Å². The largest absolute Gasteiger partial charge is 0.313 e. The van der Waals surface area contributed by atoms with Gasteiger partial charge in [0.1, 0.15) is 0 Å². The smallest absolute Gasteiger partial charge is 0.0574 e. The quantitative estimate of drug-likeness (QED) is 0.372. The lowest BCUT2D eigenvalue weighted by Crippen LogP contribution is -1.99. The highest BCUT2D eigenvalue weighted by Gasteiger charge is 1.87. The summed E-state index contributed by atoms with van der Waals surface area (Å²) in [5.41, 5.74) is 4.92. The molecular weight excluding hydrogens is 136 g/mol. The topological polar surface area (TPSA) is 24.4 Å². The van der Waals surface area contributed by atoms with Gasteiger partial charge >= 0.3 is 0 Å². The Morgan fingerprint density at radius 2 is 2.27 bits per heavy atom. The molecule has 1 N–H and O–H groups in total. The van der Waals surface area contributed by atoms with E-state index >= 15 is 0 Å². The van der Waals surface area contributed by atoms with E-state index in [1.165, 1.54) is 5.57 Å². The third-order valence-corrected chi connectivity index (χ3v) is 1.35. The zero-order valence-electron chi connectivity index (χ0n) is 7.52. The molecule has 0 aromatic heterocycles. The lowest BCUT2D eigenvalue weighted by molar-refractivity contribution is 0.900. The van der Waals surface area contributed by atoms with E-state index in [9.17, 15) is 0 Å². The predicted molar refractivity (Wildman–Crippen MR) is 50.7 cm³/mol. The molecular formula is C9H16N2. The minimum Gasteiger partial charge on any atom is -0.313 e. The maximum atomic E-state index is 4.00. The highest BCUT2D eigenvalue weighted by atomic mass is 15.3. The highest BCUT2D eigenvalue weighted by Crippen LogP contribution is 2.00. The molecule has 0 amide bonds. The van der Waals surface area contributed by atoms with Crippen molar-refractivity contribution in [2.45, 2.75) is 20.3 Å². The summed E-state index contributed by atoms with van der Waals surface area (Å²) in [6, 6.07) is 0. The maximum Gasteiger partial charge on any atom is 0.0574 e. The van der Waals surface area contributed by atoms with Gasteiger partial charge in [0.25, 0.3) is 0 Å². The van der Waals surface area contributed by atoms with E-state index in [1.54, 1.807) is 7.05 Å². The second-order valence-electron chi connectivity index (χ2n) is 2.25. The Bertz CT molecular complexity index is 178. The summed E-state index contributed by atoms with van der Waals surface area (Å²) in [6.07, 6.45) is 4.87. The summed E-state index contributed by atoms with van der Waals surface area (Å²) in [5, 5.41) is 4.00. The first kappa shape index (κ1) is 9.95. The van der Waals surface area contributed by atoms with Crippen molar-refractivity contribution < 1.29 is 0 Å². The molecule has 0 aliphatic heterocycles. The minimum absolute atomic E-state index is 0.976. The first-order chi connectivity index (χ1) is 5.24. The van der Waals surface area contributed by atoms with Crippen LogP contribution in [-0.4, -0.2) is 12.8 Å². The minimum atomic E-state index is 0.976. The zero-order valence-corrected chi connectivity index (χ0v) is 7.52. The molecule has 2 nitrogen and oxygen atoms in total. The third kappa shape index (κ3) is 4.37. The molecule has 0 aliphatic rings. The van der Waals surface area contributed by atoms with E-state index < -0.39 is 0 Å². The van der Waals surface area contributed by atoms with E-state index in [1.807, 2.05) is 19.1 Å². The van der Waals surface area contributed by atoms with Crippen LogP contribution in [0.1, 0.15) is 20.3 Å². The summed E-state index contributed by atoms with van der Waals surface area (Å²) in [5.74, 6) is 0. The summed E-state index contributed by atoms with van der Waals surface area (Å²) in [4.78, 5) is 0. The molecule has 0 spiro atoms. The summed E-state index contributed by atoms with van der Waals surface area (Å²) in [6.45, 7) is 7.75. The van der Waals surface area contributed by atoms with Crippen molar-refractivity contribution in [2.24, 2.45) is 5.10 Å². The van der Waals surface area contributed by atoms with Crippen molar-refractivity contribution in [3.63, 3.8) is 0 Å². The zero-order chi connectivity index (χ0) is 8.69. The number of allylic oxidation sites excluding steroid dienone is 3. The molecule has 0 fully saturated rings. The van der Waals surface area contributed by atoms with E-state index in [0.717, 1.165) is 12.1 Å². The van der Waals surface area contributed by atoms with Gasteiger partial charge in [0.15, 0.2) is 0 Å². The lowest BCUT2D eigenvalue weighted by atomic mass is 10.1. The van der Waals surface area contributed by atoms with Crippen molar-refractivity contribution in [1.82, 2.24) is 5.43 Å². The van der Waals surface area contributed by atoms with E-state index in [2.05, 4.69) is 24.0 Å². The standard InChI is InChI=1S/C9H16N2/c1-5-9(6-2)7-8(3)11-10-4/h5,7,10H,1,6H2,2-4H3/b9-7+,11-8-. The van der Waals surface area contributed by atoms with Gasteiger partial charge in [-0.1, -0.05) is 19.6 Å². The van der Waals surface area contributed by atoms with E-state index in [4.69, 9.17) is 0 Å².